The molecule has 2 aromatic carbocycles. The summed E-state index contributed by atoms with van der Waals surface area (Å²) in [7, 11) is -2.07. The van der Waals surface area contributed by atoms with Crippen LogP contribution in [0.2, 0.25) is 0 Å². The van der Waals surface area contributed by atoms with Gasteiger partial charge in [-0.3, -0.25) is 9.59 Å². The quantitative estimate of drug-likeness (QED) is 0.515. The standard InChI is InChI=1S/C26H35N3O5S/c1-19(2)18-27-26(31)22-9-5-6-10-23(22)28-25(30)14-11-20-17-21(12-13-24(20)34-3)35(32,33)29-15-7-4-8-16-29/h5-6,9-10,12-13,17,19H,4,7-8,11,14-16,18H2,1-3H3,(H,27,31)(H,28,30). The zero-order valence-electron chi connectivity index (χ0n) is 20.7. The van der Waals surface area contributed by atoms with Crippen LogP contribution < -0.4 is 15.4 Å². The molecule has 0 bridgehead atoms. The summed E-state index contributed by atoms with van der Waals surface area (Å²) in [5, 5.41) is 5.68. The molecule has 0 unspecified atom stereocenters. The van der Waals surface area contributed by atoms with Gasteiger partial charge in [0, 0.05) is 26.1 Å². The summed E-state index contributed by atoms with van der Waals surface area (Å²) < 4.78 is 33.1. The number of hydrogen-bond acceptors (Lipinski definition) is 5. The van der Waals surface area contributed by atoms with Crippen LogP contribution in [0.4, 0.5) is 5.69 Å². The molecular formula is C26H35N3O5S. The highest BCUT2D eigenvalue weighted by atomic mass is 32.2. The second-order valence-corrected chi connectivity index (χ2v) is 11.1. The molecule has 0 spiro atoms. The van der Waals surface area contributed by atoms with Crippen LogP contribution in [0.25, 0.3) is 0 Å². The summed E-state index contributed by atoms with van der Waals surface area (Å²) in [5.74, 6) is 0.321. The summed E-state index contributed by atoms with van der Waals surface area (Å²) in [6.07, 6.45) is 3.15. The van der Waals surface area contributed by atoms with Crippen molar-refractivity contribution in [3.63, 3.8) is 0 Å². The van der Waals surface area contributed by atoms with Crippen molar-refractivity contribution in [1.82, 2.24) is 9.62 Å². The van der Waals surface area contributed by atoms with E-state index in [9.17, 15) is 18.0 Å². The van der Waals surface area contributed by atoms with Gasteiger partial charge in [-0.1, -0.05) is 32.4 Å². The SMILES string of the molecule is COc1ccc(S(=O)(=O)N2CCCCC2)cc1CCC(=O)Nc1ccccc1C(=O)NCC(C)C. The lowest BCUT2D eigenvalue weighted by molar-refractivity contribution is -0.116. The van der Waals surface area contributed by atoms with E-state index in [0.717, 1.165) is 19.3 Å². The van der Waals surface area contributed by atoms with E-state index in [2.05, 4.69) is 10.6 Å². The van der Waals surface area contributed by atoms with Crippen molar-refractivity contribution in [2.75, 3.05) is 32.1 Å². The molecule has 2 aromatic rings. The summed E-state index contributed by atoms with van der Waals surface area (Å²) in [6.45, 7) is 5.61. The Labute approximate surface area is 208 Å². The first-order valence-electron chi connectivity index (χ1n) is 12.1. The van der Waals surface area contributed by atoms with E-state index in [1.807, 2.05) is 13.8 Å². The fraction of sp³-hybridized carbons (Fsp3) is 0.462. The van der Waals surface area contributed by atoms with Crippen LogP contribution in [0.3, 0.4) is 0 Å². The molecule has 1 aliphatic heterocycles. The van der Waals surface area contributed by atoms with E-state index >= 15 is 0 Å². The molecule has 0 aromatic heterocycles. The molecule has 1 fully saturated rings. The number of aryl methyl sites for hydroxylation is 1. The number of nitrogens with one attached hydrogen (secondary N) is 2. The Balaban J connectivity index is 1.70. The Hall–Kier alpha value is -2.91. The summed E-state index contributed by atoms with van der Waals surface area (Å²) >= 11 is 0. The van der Waals surface area contributed by atoms with Gasteiger partial charge >= 0.3 is 0 Å². The number of benzene rings is 2. The number of amides is 2. The minimum absolute atomic E-state index is 0.103. The van der Waals surface area contributed by atoms with Gasteiger partial charge in [0.25, 0.3) is 5.91 Å². The fourth-order valence-electron chi connectivity index (χ4n) is 4.01. The van der Waals surface area contributed by atoms with Crippen LogP contribution in [0.5, 0.6) is 5.75 Å². The van der Waals surface area contributed by atoms with Gasteiger partial charge in [-0.15, -0.1) is 0 Å². The molecule has 0 radical (unpaired) electrons. The van der Waals surface area contributed by atoms with Crippen molar-refractivity contribution < 1.29 is 22.7 Å². The number of hydrogen-bond donors (Lipinski definition) is 2. The highest BCUT2D eigenvalue weighted by Crippen LogP contribution is 2.27. The molecule has 9 heteroatoms. The first-order valence-corrected chi connectivity index (χ1v) is 13.5. The molecule has 0 saturated carbocycles. The third-order valence-electron chi connectivity index (χ3n) is 5.94. The summed E-state index contributed by atoms with van der Waals surface area (Å²) in [4.78, 5) is 25.5. The van der Waals surface area contributed by atoms with Gasteiger partial charge in [0.2, 0.25) is 15.9 Å². The molecule has 3 rings (SSSR count). The fourth-order valence-corrected chi connectivity index (χ4v) is 5.58. The van der Waals surface area contributed by atoms with Gasteiger partial charge in [0.05, 0.1) is 23.3 Å². The lowest BCUT2D eigenvalue weighted by Gasteiger charge is -2.26. The van der Waals surface area contributed by atoms with Gasteiger partial charge in [-0.25, -0.2) is 8.42 Å². The third-order valence-corrected chi connectivity index (χ3v) is 7.84. The first-order chi connectivity index (χ1) is 16.7. The number of para-hydroxylation sites is 1. The molecule has 0 atom stereocenters. The van der Waals surface area contributed by atoms with Gasteiger partial charge in [0.15, 0.2) is 0 Å². The number of carbonyl (C=O) groups excluding carboxylic acids is 2. The van der Waals surface area contributed by atoms with Crippen LogP contribution >= 0.6 is 0 Å². The lowest BCUT2D eigenvalue weighted by atomic mass is 10.1. The smallest absolute Gasteiger partial charge is 0.253 e. The Morgan fingerprint density at radius 1 is 1.06 bits per heavy atom. The monoisotopic (exact) mass is 501 g/mol. The number of rotatable bonds is 10. The zero-order valence-corrected chi connectivity index (χ0v) is 21.5. The molecule has 0 aliphatic carbocycles. The number of sulfonamides is 1. The molecule has 1 heterocycles. The third kappa shape index (κ3) is 7.05. The molecule has 190 valence electrons. The van der Waals surface area contributed by atoms with Gasteiger partial charge < -0.3 is 15.4 Å². The maximum atomic E-state index is 13.1. The normalized spacial score (nSPS) is 14.5. The van der Waals surface area contributed by atoms with Crippen molar-refractivity contribution in [2.45, 2.75) is 50.8 Å². The Kier molecular flexibility index (Phi) is 9.28. The molecular weight excluding hydrogens is 466 g/mol. The topological polar surface area (TPSA) is 105 Å². The zero-order chi connectivity index (χ0) is 25.4. The average molecular weight is 502 g/mol. The van der Waals surface area contributed by atoms with E-state index in [0.29, 0.717) is 54.5 Å². The van der Waals surface area contributed by atoms with Crippen LogP contribution in [-0.2, 0) is 21.2 Å². The Bertz CT molecular complexity index is 1140. The molecule has 8 nitrogen and oxygen atoms in total. The van der Waals surface area contributed by atoms with Crippen LogP contribution in [0.1, 0.15) is 55.5 Å². The molecule has 2 amide bonds. The van der Waals surface area contributed by atoms with E-state index in [1.165, 1.54) is 11.4 Å². The number of piperidine rings is 1. The molecule has 1 aliphatic rings. The lowest BCUT2D eigenvalue weighted by Crippen LogP contribution is -2.35. The number of nitrogens with zero attached hydrogens (tertiary/aromatic N) is 1. The van der Waals surface area contributed by atoms with E-state index in [4.69, 9.17) is 4.74 Å². The van der Waals surface area contributed by atoms with Crippen molar-refractivity contribution in [3.05, 3.63) is 53.6 Å². The average Bonchev–Trinajstić information content (AvgIpc) is 2.86. The molecule has 1 saturated heterocycles. The van der Waals surface area contributed by atoms with E-state index in [1.54, 1.807) is 42.5 Å². The largest absolute Gasteiger partial charge is 0.496 e. The number of methoxy groups -OCH3 is 1. The highest BCUT2D eigenvalue weighted by Gasteiger charge is 2.26. The van der Waals surface area contributed by atoms with Crippen LogP contribution in [-0.4, -0.2) is 51.3 Å². The maximum Gasteiger partial charge on any atom is 0.253 e. The second kappa shape index (κ2) is 12.2. The van der Waals surface area contributed by atoms with Crippen molar-refractivity contribution >= 4 is 27.5 Å². The van der Waals surface area contributed by atoms with E-state index in [-0.39, 0.29) is 23.1 Å². The highest BCUT2D eigenvalue weighted by molar-refractivity contribution is 7.89. The second-order valence-electron chi connectivity index (χ2n) is 9.14. The number of carbonyl (C=O) groups is 2. The Morgan fingerprint density at radius 3 is 2.46 bits per heavy atom. The predicted molar refractivity (Wildman–Crippen MR) is 136 cm³/mol. The minimum Gasteiger partial charge on any atom is -0.496 e. The van der Waals surface area contributed by atoms with Crippen molar-refractivity contribution in [1.29, 1.82) is 0 Å². The number of anilines is 1. The van der Waals surface area contributed by atoms with Gasteiger partial charge in [-0.2, -0.15) is 4.31 Å². The predicted octanol–water partition coefficient (Wildman–Crippen LogP) is 3.83. The van der Waals surface area contributed by atoms with Crippen molar-refractivity contribution in [3.8, 4) is 5.75 Å². The van der Waals surface area contributed by atoms with Crippen LogP contribution in [0, 0.1) is 5.92 Å². The van der Waals surface area contributed by atoms with Gasteiger partial charge in [0.1, 0.15) is 5.75 Å². The van der Waals surface area contributed by atoms with E-state index < -0.39 is 10.0 Å². The van der Waals surface area contributed by atoms with Crippen LogP contribution in [0.15, 0.2) is 47.4 Å². The van der Waals surface area contributed by atoms with Gasteiger partial charge in [-0.05, 0) is 61.1 Å². The summed E-state index contributed by atoms with van der Waals surface area (Å²) in [5.41, 5.74) is 1.48. The van der Waals surface area contributed by atoms with Crippen molar-refractivity contribution in [2.24, 2.45) is 5.92 Å². The maximum absolute atomic E-state index is 13.1. The number of ether oxygens (including phenoxy) is 1. The first kappa shape index (κ1) is 26.7. The molecule has 35 heavy (non-hydrogen) atoms. The Morgan fingerprint density at radius 2 is 1.77 bits per heavy atom. The molecule has 2 N–H and O–H groups in total. The minimum atomic E-state index is -3.59. The summed E-state index contributed by atoms with van der Waals surface area (Å²) in [6, 6.07) is 11.7.